The zero-order valence-corrected chi connectivity index (χ0v) is 21.7. The molecule has 0 spiro atoms. The van der Waals surface area contributed by atoms with Crippen molar-refractivity contribution < 1.29 is 4.74 Å². The fraction of sp³-hybridized carbons (Fsp3) is 0.640. The lowest BCUT2D eigenvalue weighted by Gasteiger charge is -2.26. The second kappa shape index (κ2) is 11.3. The molecular formula is C25H39N5OS. The van der Waals surface area contributed by atoms with E-state index in [2.05, 4.69) is 50.3 Å². The molecule has 0 bridgehead atoms. The van der Waals surface area contributed by atoms with Crippen molar-refractivity contribution in [2.75, 3.05) is 32.1 Å². The van der Waals surface area contributed by atoms with E-state index >= 15 is 0 Å². The molecule has 0 saturated carbocycles. The Morgan fingerprint density at radius 1 is 1.06 bits per heavy atom. The van der Waals surface area contributed by atoms with Crippen LogP contribution < -0.4 is 0 Å². The average molecular weight is 458 g/mol. The first kappa shape index (κ1) is 24.8. The van der Waals surface area contributed by atoms with Crippen LogP contribution in [0.5, 0.6) is 0 Å². The first-order chi connectivity index (χ1) is 15.5. The first-order valence-electron chi connectivity index (χ1n) is 12.1. The van der Waals surface area contributed by atoms with Crippen molar-refractivity contribution >= 4 is 33.7 Å². The van der Waals surface area contributed by atoms with Crippen LogP contribution in [-0.4, -0.2) is 56.7 Å². The van der Waals surface area contributed by atoms with Crippen LogP contribution in [0.15, 0.2) is 16.9 Å². The van der Waals surface area contributed by atoms with Gasteiger partial charge in [-0.15, -0.1) is 0 Å². The van der Waals surface area contributed by atoms with Gasteiger partial charge >= 0.3 is 0 Å². The summed E-state index contributed by atoms with van der Waals surface area (Å²) in [7, 11) is 0. The number of fused-ring (bicyclic) bond motifs is 1. The van der Waals surface area contributed by atoms with E-state index in [1.807, 2.05) is 25.6 Å². The molecule has 7 heteroatoms. The molecule has 2 aromatic heterocycles. The summed E-state index contributed by atoms with van der Waals surface area (Å²) in [6, 6.07) is 0.469. The van der Waals surface area contributed by atoms with Gasteiger partial charge in [-0.1, -0.05) is 39.5 Å². The van der Waals surface area contributed by atoms with E-state index in [9.17, 15) is 0 Å². The summed E-state index contributed by atoms with van der Waals surface area (Å²) in [6.07, 6.45) is 5.48. The molecule has 6 nitrogen and oxygen atoms in total. The minimum absolute atomic E-state index is 0.469. The molecule has 4 heterocycles. The standard InChI is InChI=1S/C23H33N5OS.C2H6/c1-6-18(7-2)28-13-15(3)20-22(28)24-17(5)21(26-20)19-14-30-23(25-16(19)4)27-9-8-11-29-12-10-27;1-2/h13,18H,6-12,14H2,1-5H3;1-2H3. The molecule has 4 rings (SSSR count). The predicted octanol–water partition coefficient (Wildman–Crippen LogP) is 5.99. The SMILES string of the molecule is CC.CCC(CC)n1cc(C)c2nc(C3=C(C)N=C(N4CCCOCC4)SC3)c(C)nc21. The van der Waals surface area contributed by atoms with Crippen molar-refractivity contribution in [3.8, 4) is 0 Å². The maximum absolute atomic E-state index is 5.60. The molecule has 0 N–H and O–H groups in total. The van der Waals surface area contributed by atoms with Crippen LogP contribution in [0.25, 0.3) is 16.7 Å². The summed E-state index contributed by atoms with van der Waals surface area (Å²) < 4.78 is 7.92. The molecule has 0 unspecified atom stereocenters. The number of allylic oxidation sites excluding steroid dienone is 1. The molecule has 32 heavy (non-hydrogen) atoms. The highest BCUT2D eigenvalue weighted by Gasteiger charge is 2.24. The topological polar surface area (TPSA) is 55.5 Å². The third kappa shape index (κ3) is 5.04. The maximum atomic E-state index is 5.60. The highest BCUT2D eigenvalue weighted by molar-refractivity contribution is 8.14. The number of aryl methyl sites for hydroxylation is 2. The van der Waals surface area contributed by atoms with E-state index in [-0.39, 0.29) is 0 Å². The van der Waals surface area contributed by atoms with E-state index in [1.54, 1.807) is 0 Å². The zero-order chi connectivity index (χ0) is 23.3. The minimum atomic E-state index is 0.469. The largest absolute Gasteiger partial charge is 0.380 e. The molecule has 2 aliphatic heterocycles. The van der Waals surface area contributed by atoms with Crippen LogP contribution in [0.3, 0.4) is 0 Å². The first-order valence-corrected chi connectivity index (χ1v) is 13.1. The monoisotopic (exact) mass is 457 g/mol. The number of hydrogen-bond acceptors (Lipinski definition) is 6. The molecule has 0 aliphatic carbocycles. The molecule has 0 amide bonds. The van der Waals surface area contributed by atoms with E-state index in [4.69, 9.17) is 19.7 Å². The zero-order valence-electron chi connectivity index (χ0n) is 20.9. The van der Waals surface area contributed by atoms with Crippen molar-refractivity contribution in [2.24, 2.45) is 4.99 Å². The van der Waals surface area contributed by atoms with Gasteiger partial charge in [0.2, 0.25) is 0 Å². The molecule has 176 valence electrons. The number of ether oxygens (including phenoxy) is 1. The van der Waals surface area contributed by atoms with Gasteiger partial charge < -0.3 is 14.2 Å². The van der Waals surface area contributed by atoms with Crippen LogP contribution in [0.1, 0.15) is 76.9 Å². The molecular weight excluding hydrogens is 418 g/mol. The molecule has 1 fully saturated rings. The highest BCUT2D eigenvalue weighted by atomic mass is 32.2. The summed E-state index contributed by atoms with van der Waals surface area (Å²) in [6.45, 7) is 18.4. The summed E-state index contributed by atoms with van der Waals surface area (Å²) in [4.78, 5) is 17.5. The number of aliphatic imine (C=N–C) groups is 1. The molecule has 2 aliphatic rings. The smallest absolute Gasteiger partial charge is 0.164 e. The second-order valence-electron chi connectivity index (χ2n) is 8.22. The highest BCUT2D eigenvalue weighted by Crippen LogP contribution is 2.33. The van der Waals surface area contributed by atoms with E-state index < -0.39 is 0 Å². The van der Waals surface area contributed by atoms with Gasteiger partial charge in [0.15, 0.2) is 10.8 Å². The van der Waals surface area contributed by atoms with Crippen LogP contribution >= 0.6 is 11.8 Å². The second-order valence-corrected chi connectivity index (χ2v) is 9.16. The quantitative estimate of drug-likeness (QED) is 0.564. The Labute approximate surface area is 197 Å². The van der Waals surface area contributed by atoms with E-state index in [1.165, 1.54) is 11.1 Å². The number of nitrogens with zero attached hydrogens (tertiary/aromatic N) is 5. The number of hydrogen-bond donors (Lipinski definition) is 0. The lowest BCUT2D eigenvalue weighted by molar-refractivity contribution is 0.147. The van der Waals surface area contributed by atoms with Crippen molar-refractivity contribution in [2.45, 2.75) is 73.8 Å². The average Bonchev–Trinajstić information content (AvgIpc) is 2.98. The summed E-state index contributed by atoms with van der Waals surface area (Å²) in [5.74, 6) is 0.884. The fourth-order valence-electron chi connectivity index (χ4n) is 4.35. The van der Waals surface area contributed by atoms with E-state index in [0.29, 0.717) is 6.04 Å². The molecule has 0 atom stereocenters. The van der Waals surface area contributed by atoms with Crippen LogP contribution in [0, 0.1) is 13.8 Å². The minimum Gasteiger partial charge on any atom is -0.380 e. The van der Waals surface area contributed by atoms with Crippen molar-refractivity contribution in [1.29, 1.82) is 0 Å². The Morgan fingerprint density at radius 2 is 1.81 bits per heavy atom. The third-order valence-electron chi connectivity index (χ3n) is 6.16. The Balaban J connectivity index is 0.00000141. The van der Waals surface area contributed by atoms with Gasteiger partial charge in [-0.05, 0) is 45.6 Å². The summed E-state index contributed by atoms with van der Waals surface area (Å²) >= 11 is 1.81. The molecule has 1 saturated heterocycles. The Kier molecular flexibility index (Phi) is 8.77. The molecule has 2 aromatic rings. The third-order valence-corrected chi connectivity index (χ3v) is 7.20. The van der Waals surface area contributed by atoms with Gasteiger partial charge in [0.25, 0.3) is 0 Å². The molecule has 0 aromatic carbocycles. The number of rotatable bonds is 4. The Hall–Kier alpha value is -1.86. The normalized spacial score (nSPS) is 17.4. The van der Waals surface area contributed by atoms with Crippen LogP contribution in [0.2, 0.25) is 0 Å². The summed E-state index contributed by atoms with van der Waals surface area (Å²) in [5.41, 5.74) is 7.48. The fourth-order valence-corrected chi connectivity index (χ4v) is 5.54. The predicted molar refractivity (Wildman–Crippen MR) is 137 cm³/mol. The van der Waals surface area contributed by atoms with Gasteiger partial charge in [0, 0.05) is 49.0 Å². The van der Waals surface area contributed by atoms with Gasteiger partial charge in [-0.3, -0.25) is 0 Å². The van der Waals surface area contributed by atoms with Gasteiger partial charge in [-0.25, -0.2) is 15.0 Å². The van der Waals surface area contributed by atoms with Crippen LogP contribution in [0.4, 0.5) is 0 Å². The summed E-state index contributed by atoms with van der Waals surface area (Å²) in [5, 5.41) is 1.12. The Bertz CT molecular complexity index is 982. The van der Waals surface area contributed by atoms with Gasteiger partial charge in [0.1, 0.15) is 5.52 Å². The lowest BCUT2D eigenvalue weighted by Crippen LogP contribution is -2.32. The van der Waals surface area contributed by atoms with Crippen molar-refractivity contribution in [3.05, 3.63) is 28.8 Å². The van der Waals surface area contributed by atoms with Crippen LogP contribution in [-0.2, 0) is 4.74 Å². The van der Waals surface area contributed by atoms with Gasteiger partial charge in [0.05, 0.1) is 18.0 Å². The number of thioether (sulfide) groups is 1. The molecule has 0 radical (unpaired) electrons. The van der Waals surface area contributed by atoms with Crippen molar-refractivity contribution in [3.63, 3.8) is 0 Å². The van der Waals surface area contributed by atoms with E-state index in [0.717, 1.165) is 84.7 Å². The van der Waals surface area contributed by atoms with Gasteiger partial charge in [-0.2, -0.15) is 0 Å². The lowest BCUT2D eigenvalue weighted by atomic mass is 10.1. The number of amidine groups is 1. The van der Waals surface area contributed by atoms with Crippen molar-refractivity contribution in [1.82, 2.24) is 19.4 Å². The maximum Gasteiger partial charge on any atom is 0.164 e. The number of aromatic nitrogens is 3. The Morgan fingerprint density at radius 3 is 2.50 bits per heavy atom.